The third kappa shape index (κ3) is 2.78. The molecule has 2 nitrogen and oxygen atoms in total. The SMILES string of the molecule is Cc1cccc(C(=O)c2ccc(OC3CC3)cc2)c1Br. The summed E-state index contributed by atoms with van der Waals surface area (Å²) < 4.78 is 6.55. The third-order valence-electron chi connectivity index (χ3n) is 3.38. The van der Waals surface area contributed by atoms with E-state index in [0.717, 1.165) is 28.6 Å². The number of rotatable bonds is 4. The smallest absolute Gasteiger partial charge is 0.194 e. The van der Waals surface area contributed by atoms with Gasteiger partial charge in [-0.2, -0.15) is 0 Å². The number of hydrogen-bond donors (Lipinski definition) is 0. The molecule has 0 bridgehead atoms. The van der Waals surface area contributed by atoms with Gasteiger partial charge in [0, 0.05) is 15.6 Å². The average Bonchev–Trinajstić information content (AvgIpc) is 3.26. The lowest BCUT2D eigenvalue weighted by Gasteiger charge is -2.08. The van der Waals surface area contributed by atoms with E-state index in [-0.39, 0.29) is 5.78 Å². The van der Waals surface area contributed by atoms with Crippen LogP contribution in [0.1, 0.15) is 34.3 Å². The van der Waals surface area contributed by atoms with Gasteiger partial charge in [0.25, 0.3) is 0 Å². The van der Waals surface area contributed by atoms with Crippen molar-refractivity contribution in [2.75, 3.05) is 0 Å². The van der Waals surface area contributed by atoms with E-state index in [0.29, 0.717) is 17.2 Å². The molecule has 0 amide bonds. The quantitative estimate of drug-likeness (QED) is 0.770. The zero-order valence-electron chi connectivity index (χ0n) is 11.2. The summed E-state index contributed by atoms with van der Waals surface area (Å²) in [5.74, 6) is 0.867. The minimum atomic E-state index is 0.0264. The van der Waals surface area contributed by atoms with Crippen molar-refractivity contribution in [2.45, 2.75) is 25.9 Å². The predicted octanol–water partition coefficient (Wildman–Crippen LogP) is 4.53. The van der Waals surface area contributed by atoms with E-state index in [2.05, 4.69) is 15.9 Å². The number of benzene rings is 2. The second-order valence-corrected chi connectivity index (χ2v) is 5.90. The first-order valence-corrected chi connectivity index (χ1v) is 7.51. The Morgan fingerprint density at radius 1 is 1.15 bits per heavy atom. The standard InChI is InChI=1S/C17H15BrO2/c1-11-3-2-4-15(16(11)18)17(19)12-5-7-13(8-6-12)20-14-9-10-14/h2-8,14H,9-10H2,1H3. The van der Waals surface area contributed by atoms with Gasteiger partial charge in [0.2, 0.25) is 0 Å². The first kappa shape index (κ1) is 13.4. The van der Waals surface area contributed by atoms with Crippen LogP contribution in [0.5, 0.6) is 5.75 Å². The second-order valence-electron chi connectivity index (χ2n) is 5.11. The van der Waals surface area contributed by atoms with Crippen LogP contribution in [-0.4, -0.2) is 11.9 Å². The van der Waals surface area contributed by atoms with Gasteiger partial charge in [-0.25, -0.2) is 0 Å². The van der Waals surface area contributed by atoms with Crippen LogP contribution in [0.3, 0.4) is 0 Å². The molecule has 3 heteroatoms. The van der Waals surface area contributed by atoms with E-state index < -0.39 is 0 Å². The Kier molecular flexibility index (Phi) is 3.62. The molecule has 0 N–H and O–H groups in total. The van der Waals surface area contributed by atoms with Gasteiger partial charge < -0.3 is 4.74 Å². The van der Waals surface area contributed by atoms with Gasteiger partial charge in [-0.05, 0) is 71.6 Å². The van der Waals surface area contributed by atoms with Gasteiger partial charge in [0.15, 0.2) is 5.78 Å². The zero-order valence-corrected chi connectivity index (χ0v) is 12.8. The lowest BCUT2D eigenvalue weighted by molar-refractivity contribution is 0.103. The van der Waals surface area contributed by atoms with Gasteiger partial charge in [-0.1, -0.05) is 12.1 Å². The van der Waals surface area contributed by atoms with Gasteiger partial charge in [0.1, 0.15) is 5.75 Å². The number of aryl methyl sites for hydroxylation is 1. The highest BCUT2D eigenvalue weighted by Gasteiger charge is 2.23. The van der Waals surface area contributed by atoms with Crippen molar-refractivity contribution in [2.24, 2.45) is 0 Å². The van der Waals surface area contributed by atoms with Crippen molar-refractivity contribution >= 4 is 21.7 Å². The summed E-state index contributed by atoms with van der Waals surface area (Å²) in [7, 11) is 0. The molecule has 2 aromatic carbocycles. The Balaban J connectivity index is 1.84. The Morgan fingerprint density at radius 2 is 1.85 bits per heavy atom. The molecule has 1 saturated carbocycles. The minimum absolute atomic E-state index is 0.0264. The van der Waals surface area contributed by atoms with Crippen LogP contribution >= 0.6 is 15.9 Å². The Morgan fingerprint density at radius 3 is 2.50 bits per heavy atom. The molecule has 0 spiro atoms. The van der Waals surface area contributed by atoms with Crippen LogP contribution in [0.2, 0.25) is 0 Å². The summed E-state index contributed by atoms with van der Waals surface area (Å²) in [6.07, 6.45) is 2.65. The number of ketones is 1. The molecule has 0 saturated heterocycles. The van der Waals surface area contributed by atoms with E-state index in [1.54, 1.807) is 0 Å². The molecule has 0 heterocycles. The number of carbonyl (C=O) groups is 1. The molecule has 20 heavy (non-hydrogen) atoms. The zero-order chi connectivity index (χ0) is 14.1. The van der Waals surface area contributed by atoms with Crippen molar-refractivity contribution in [1.82, 2.24) is 0 Å². The minimum Gasteiger partial charge on any atom is -0.490 e. The molecule has 0 radical (unpaired) electrons. The molecule has 0 atom stereocenters. The molecular formula is C17H15BrO2. The molecular weight excluding hydrogens is 316 g/mol. The molecule has 1 fully saturated rings. The fourth-order valence-corrected chi connectivity index (χ4v) is 2.49. The Labute approximate surface area is 126 Å². The summed E-state index contributed by atoms with van der Waals surface area (Å²) in [4.78, 5) is 12.5. The molecule has 102 valence electrons. The maximum absolute atomic E-state index is 12.5. The van der Waals surface area contributed by atoms with Crippen molar-refractivity contribution in [3.63, 3.8) is 0 Å². The van der Waals surface area contributed by atoms with Gasteiger partial charge in [-0.15, -0.1) is 0 Å². The van der Waals surface area contributed by atoms with Crippen molar-refractivity contribution in [3.8, 4) is 5.75 Å². The summed E-state index contributed by atoms with van der Waals surface area (Å²) >= 11 is 3.49. The molecule has 1 aliphatic carbocycles. The van der Waals surface area contributed by atoms with E-state index in [4.69, 9.17) is 4.74 Å². The van der Waals surface area contributed by atoms with Crippen LogP contribution in [0.15, 0.2) is 46.9 Å². The maximum Gasteiger partial charge on any atom is 0.194 e. The lowest BCUT2D eigenvalue weighted by atomic mass is 10.0. The summed E-state index contributed by atoms with van der Waals surface area (Å²) in [6, 6.07) is 13.1. The first-order chi connectivity index (χ1) is 9.65. The van der Waals surface area contributed by atoms with E-state index in [1.807, 2.05) is 49.4 Å². The van der Waals surface area contributed by atoms with Gasteiger partial charge in [0.05, 0.1) is 6.10 Å². The Bertz CT molecular complexity index is 643. The average molecular weight is 331 g/mol. The normalized spacial score (nSPS) is 14.1. The highest BCUT2D eigenvalue weighted by Crippen LogP contribution is 2.28. The van der Waals surface area contributed by atoms with Crippen LogP contribution in [-0.2, 0) is 0 Å². The number of halogens is 1. The predicted molar refractivity (Wildman–Crippen MR) is 82.4 cm³/mol. The monoisotopic (exact) mass is 330 g/mol. The summed E-state index contributed by atoms with van der Waals surface area (Å²) in [5.41, 5.74) is 2.44. The molecule has 2 aromatic rings. The summed E-state index contributed by atoms with van der Waals surface area (Å²) in [6.45, 7) is 1.98. The summed E-state index contributed by atoms with van der Waals surface area (Å²) in [5, 5.41) is 0. The van der Waals surface area contributed by atoms with E-state index in [9.17, 15) is 4.79 Å². The second kappa shape index (κ2) is 5.41. The first-order valence-electron chi connectivity index (χ1n) is 6.71. The van der Waals surface area contributed by atoms with Crippen LogP contribution in [0.25, 0.3) is 0 Å². The third-order valence-corrected chi connectivity index (χ3v) is 4.43. The van der Waals surface area contributed by atoms with Crippen LogP contribution < -0.4 is 4.74 Å². The highest BCUT2D eigenvalue weighted by atomic mass is 79.9. The fourth-order valence-electron chi connectivity index (χ4n) is 2.04. The van der Waals surface area contributed by atoms with E-state index in [1.165, 1.54) is 0 Å². The topological polar surface area (TPSA) is 26.3 Å². The highest BCUT2D eigenvalue weighted by molar-refractivity contribution is 9.10. The van der Waals surface area contributed by atoms with Crippen LogP contribution in [0.4, 0.5) is 0 Å². The number of ether oxygens (including phenoxy) is 1. The van der Waals surface area contributed by atoms with Gasteiger partial charge >= 0.3 is 0 Å². The molecule has 3 rings (SSSR count). The molecule has 1 aliphatic rings. The van der Waals surface area contributed by atoms with Crippen molar-refractivity contribution < 1.29 is 9.53 Å². The van der Waals surface area contributed by atoms with Crippen molar-refractivity contribution in [3.05, 3.63) is 63.6 Å². The number of hydrogen-bond acceptors (Lipinski definition) is 2. The van der Waals surface area contributed by atoms with Crippen molar-refractivity contribution in [1.29, 1.82) is 0 Å². The maximum atomic E-state index is 12.5. The molecule has 0 aliphatic heterocycles. The fraction of sp³-hybridized carbons (Fsp3) is 0.235. The Hall–Kier alpha value is -1.61. The largest absolute Gasteiger partial charge is 0.490 e. The molecule has 0 aromatic heterocycles. The number of carbonyl (C=O) groups excluding carboxylic acids is 1. The van der Waals surface area contributed by atoms with Crippen LogP contribution in [0, 0.1) is 6.92 Å². The lowest BCUT2D eigenvalue weighted by Crippen LogP contribution is -2.03. The van der Waals surface area contributed by atoms with Gasteiger partial charge in [-0.3, -0.25) is 4.79 Å². The molecule has 0 unspecified atom stereocenters. The van der Waals surface area contributed by atoms with E-state index >= 15 is 0 Å².